The first-order valence-corrected chi connectivity index (χ1v) is 6.60. The predicted molar refractivity (Wildman–Crippen MR) is 80.7 cm³/mol. The van der Waals surface area contributed by atoms with Gasteiger partial charge in [0.25, 0.3) is 11.6 Å². The number of nitro benzene ring substituents is 1. The zero-order valence-corrected chi connectivity index (χ0v) is 12.4. The first-order valence-electron chi connectivity index (χ1n) is 6.60. The Morgan fingerprint density at radius 3 is 2.54 bits per heavy atom. The first kappa shape index (κ1) is 17.1. The molecule has 2 aromatic carbocycles. The van der Waals surface area contributed by atoms with E-state index in [1.165, 1.54) is 43.5 Å². The van der Waals surface area contributed by atoms with Gasteiger partial charge in [-0.05, 0) is 18.2 Å². The van der Waals surface area contributed by atoms with E-state index in [2.05, 4.69) is 10.1 Å². The number of hydrogen-bond donors (Lipinski definition) is 1. The molecular formula is C15H12F2N2O5. The number of anilines is 1. The van der Waals surface area contributed by atoms with Crippen LogP contribution in [0.25, 0.3) is 0 Å². The lowest BCUT2D eigenvalue weighted by Gasteiger charge is -2.12. The van der Waals surface area contributed by atoms with Gasteiger partial charge in [-0.2, -0.15) is 8.78 Å². The standard InChI is InChI=1S/C15H12F2N2O5/c1-23-12-7-6-9(8-13(12)24-15(16)17)18-14(20)10-4-2-3-5-11(10)19(21)22/h2-8,15H,1H3,(H,18,20). The van der Waals surface area contributed by atoms with Crippen molar-refractivity contribution in [1.82, 2.24) is 0 Å². The van der Waals surface area contributed by atoms with Crippen molar-refractivity contribution in [3.05, 3.63) is 58.1 Å². The van der Waals surface area contributed by atoms with E-state index in [9.17, 15) is 23.7 Å². The number of halogens is 2. The third-order valence-electron chi connectivity index (χ3n) is 2.98. The number of nitro groups is 1. The second-order valence-corrected chi connectivity index (χ2v) is 4.47. The molecule has 126 valence electrons. The predicted octanol–water partition coefficient (Wildman–Crippen LogP) is 3.46. The highest BCUT2D eigenvalue weighted by Crippen LogP contribution is 2.32. The van der Waals surface area contributed by atoms with Crippen molar-refractivity contribution < 1.29 is 28.0 Å². The molecular weight excluding hydrogens is 326 g/mol. The second kappa shape index (κ2) is 7.36. The SMILES string of the molecule is COc1ccc(NC(=O)c2ccccc2[N+](=O)[O-])cc1OC(F)F. The molecule has 0 aromatic heterocycles. The van der Waals surface area contributed by atoms with E-state index in [-0.39, 0.29) is 28.4 Å². The van der Waals surface area contributed by atoms with Gasteiger partial charge in [0.15, 0.2) is 11.5 Å². The van der Waals surface area contributed by atoms with Crippen LogP contribution in [-0.4, -0.2) is 24.6 Å². The zero-order valence-electron chi connectivity index (χ0n) is 12.4. The van der Waals surface area contributed by atoms with Crippen molar-refractivity contribution in [3.63, 3.8) is 0 Å². The van der Waals surface area contributed by atoms with Crippen LogP contribution in [0.15, 0.2) is 42.5 Å². The van der Waals surface area contributed by atoms with Gasteiger partial charge in [0.1, 0.15) is 5.56 Å². The first-order chi connectivity index (χ1) is 11.4. The van der Waals surface area contributed by atoms with E-state index >= 15 is 0 Å². The Bertz CT molecular complexity index is 767. The fourth-order valence-electron chi connectivity index (χ4n) is 1.97. The Hall–Kier alpha value is -3.23. The van der Waals surface area contributed by atoms with E-state index in [1.807, 2.05) is 0 Å². The van der Waals surface area contributed by atoms with Gasteiger partial charge in [-0.3, -0.25) is 14.9 Å². The molecule has 0 spiro atoms. The Kier molecular flexibility index (Phi) is 5.25. The van der Waals surface area contributed by atoms with Gasteiger partial charge in [0, 0.05) is 17.8 Å². The van der Waals surface area contributed by atoms with Crippen LogP contribution in [0.4, 0.5) is 20.2 Å². The summed E-state index contributed by atoms with van der Waals surface area (Å²) in [5.41, 5.74) is -0.406. The number of carbonyl (C=O) groups excluding carboxylic acids is 1. The topological polar surface area (TPSA) is 90.7 Å². The summed E-state index contributed by atoms with van der Waals surface area (Å²) >= 11 is 0. The smallest absolute Gasteiger partial charge is 0.387 e. The molecule has 0 saturated carbocycles. The van der Waals surface area contributed by atoms with Crippen LogP contribution in [0.1, 0.15) is 10.4 Å². The van der Waals surface area contributed by atoms with Crippen molar-refractivity contribution in [2.45, 2.75) is 6.61 Å². The summed E-state index contributed by atoms with van der Waals surface area (Å²) in [6.45, 7) is -3.07. The molecule has 2 rings (SSSR count). The average molecular weight is 338 g/mol. The van der Waals surface area contributed by atoms with Gasteiger partial charge in [-0.1, -0.05) is 12.1 Å². The summed E-state index contributed by atoms with van der Waals surface area (Å²) < 4.78 is 34.0. The Morgan fingerprint density at radius 1 is 1.21 bits per heavy atom. The van der Waals surface area contributed by atoms with Gasteiger partial charge >= 0.3 is 6.61 Å². The lowest BCUT2D eigenvalue weighted by molar-refractivity contribution is -0.385. The van der Waals surface area contributed by atoms with Crippen molar-refractivity contribution in [3.8, 4) is 11.5 Å². The normalized spacial score (nSPS) is 10.3. The molecule has 1 amide bonds. The Morgan fingerprint density at radius 2 is 1.92 bits per heavy atom. The van der Waals surface area contributed by atoms with Crippen LogP contribution in [-0.2, 0) is 0 Å². The number of nitrogens with one attached hydrogen (secondary N) is 1. The fraction of sp³-hybridized carbons (Fsp3) is 0.133. The quantitative estimate of drug-likeness (QED) is 0.643. The van der Waals surface area contributed by atoms with Crippen LogP contribution < -0.4 is 14.8 Å². The van der Waals surface area contributed by atoms with Crippen LogP contribution >= 0.6 is 0 Å². The number of nitrogens with zero attached hydrogens (tertiary/aromatic N) is 1. The van der Waals surface area contributed by atoms with Gasteiger partial charge in [0.05, 0.1) is 12.0 Å². The molecule has 0 bridgehead atoms. The maximum absolute atomic E-state index is 12.4. The molecule has 0 radical (unpaired) electrons. The van der Waals surface area contributed by atoms with Gasteiger partial charge in [-0.15, -0.1) is 0 Å². The van der Waals surface area contributed by atoms with E-state index in [4.69, 9.17) is 4.74 Å². The number of para-hydroxylation sites is 1. The molecule has 7 nitrogen and oxygen atoms in total. The molecule has 0 heterocycles. The number of benzene rings is 2. The van der Waals surface area contributed by atoms with Gasteiger partial charge in [-0.25, -0.2) is 0 Å². The molecule has 1 N–H and O–H groups in total. The van der Waals surface area contributed by atoms with Crippen molar-refractivity contribution in [1.29, 1.82) is 0 Å². The van der Waals surface area contributed by atoms with Crippen LogP contribution in [0, 0.1) is 10.1 Å². The molecule has 0 unspecified atom stereocenters. The highest BCUT2D eigenvalue weighted by atomic mass is 19.3. The molecule has 2 aromatic rings. The van der Waals surface area contributed by atoms with E-state index < -0.39 is 17.4 Å². The third-order valence-corrected chi connectivity index (χ3v) is 2.98. The largest absolute Gasteiger partial charge is 0.493 e. The molecule has 0 aliphatic rings. The second-order valence-electron chi connectivity index (χ2n) is 4.47. The van der Waals surface area contributed by atoms with Crippen molar-refractivity contribution in [2.24, 2.45) is 0 Å². The summed E-state index contributed by atoms with van der Waals surface area (Å²) in [5.74, 6) is -0.970. The summed E-state index contributed by atoms with van der Waals surface area (Å²) in [4.78, 5) is 22.4. The highest BCUT2D eigenvalue weighted by molar-refractivity contribution is 6.07. The summed E-state index contributed by atoms with van der Waals surface area (Å²) in [6, 6.07) is 9.23. The number of methoxy groups -OCH3 is 1. The number of amides is 1. The maximum atomic E-state index is 12.4. The molecule has 9 heteroatoms. The number of ether oxygens (including phenoxy) is 2. The fourth-order valence-corrected chi connectivity index (χ4v) is 1.97. The number of hydrogen-bond acceptors (Lipinski definition) is 5. The van der Waals surface area contributed by atoms with Gasteiger partial charge < -0.3 is 14.8 Å². The van der Waals surface area contributed by atoms with Crippen molar-refractivity contribution in [2.75, 3.05) is 12.4 Å². The lowest BCUT2D eigenvalue weighted by Crippen LogP contribution is -2.14. The Labute approximate surface area is 135 Å². The summed E-state index contributed by atoms with van der Waals surface area (Å²) in [5, 5.41) is 13.3. The lowest BCUT2D eigenvalue weighted by atomic mass is 10.1. The minimum atomic E-state index is -3.07. The van der Waals surface area contributed by atoms with Crippen LogP contribution in [0.3, 0.4) is 0 Å². The third kappa shape index (κ3) is 3.94. The molecule has 0 aliphatic heterocycles. The van der Waals surface area contributed by atoms with Crippen LogP contribution in [0.5, 0.6) is 11.5 Å². The number of carbonyl (C=O) groups is 1. The Balaban J connectivity index is 2.28. The van der Waals surface area contributed by atoms with Crippen molar-refractivity contribution >= 4 is 17.3 Å². The van der Waals surface area contributed by atoms with E-state index in [0.29, 0.717) is 0 Å². The van der Waals surface area contributed by atoms with E-state index in [0.717, 1.165) is 6.07 Å². The summed E-state index contributed by atoms with van der Waals surface area (Å²) in [7, 11) is 1.28. The molecule has 0 aliphatic carbocycles. The molecule has 24 heavy (non-hydrogen) atoms. The minimum Gasteiger partial charge on any atom is -0.493 e. The molecule has 0 saturated heterocycles. The van der Waals surface area contributed by atoms with Gasteiger partial charge in [0.2, 0.25) is 0 Å². The molecule has 0 atom stereocenters. The molecule has 0 fully saturated rings. The number of rotatable bonds is 6. The zero-order chi connectivity index (χ0) is 17.7. The monoisotopic (exact) mass is 338 g/mol. The highest BCUT2D eigenvalue weighted by Gasteiger charge is 2.20. The number of alkyl halides is 2. The maximum Gasteiger partial charge on any atom is 0.387 e. The summed E-state index contributed by atoms with van der Waals surface area (Å²) in [6.07, 6.45) is 0. The minimum absolute atomic E-state index is 0.0546. The van der Waals surface area contributed by atoms with Crippen LogP contribution in [0.2, 0.25) is 0 Å². The van der Waals surface area contributed by atoms with E-state index in [1.54, 1.807) is 0 Å². The average Bonchev–Trinajstić information content (AvgIpc) is 2.54.